The number of hydrogen-bond donors (Lipinski definition) is 0. The number of rotatable bonds is 6. The van der Waals surface area contributed by atoms with E-state index in [1.54, 1.807) is 6.08 Å². The van der Waals surface area contributed by atoms with Crippen molar-refractivity contribution in [3.05, 3.63) is 41.5 Å². The molecule has 0 saturated heterocycles. The molecule has 0 saturated carbocycles. The lowest BCUT2D eigenvalue weighted by atomic mass is 10.0. The highest BCUT2D eigenvalue weighted by molar-refractivity contribution is 6.06. The van der Waals surface area contributed by atoms with Crippen molar-refractivity contribution in [3.63, 3.8) is 0 Å². The fraction of sp³-hybridized carbons (Fsp3) is 0.438. The zero-order valence-corrected chi connectivity index (χ0v) is 11.7. The van der Waals surface area contributed by atoms with Crippen LogP contribution >= 0.6 is 0 Å². The predicted molar refractivity (Wildman–Crippen MR) is 75.2 cm³/mol. The van der Waals surface area contributed by atoms with Gasteiger partial charge in [-0.25, -0.2) is 0 Å². The molecule has 0 N–H and O–H groups in total. The topological polar surface area (TPSA) is 26.3 Å². The minimum atomic E-state index is 0.0324. The highest BCUT2D eigenvalue weighted by atomic mass is 16.5. The van der Waals surface area contributed by atoms with Gasteiger partial charge in [-0.3, -0.25) is 4.79 Å². The van der Waals surface area contributed by atoms with E-state index in [0.717, 1.165) is 12.8 Å². The largest absolute Gasteiger partial charge is 0.490 e. The first kappa shape index (κ1) is 14.5. The molecular formula is C16H22O2. The van der Waals surface area contributed by atoms with Gasteiger partial charge in [-0.2, -0.15) is 0 Å². The molecule has 0 aliphatic heterocycles. The van der Waals surface area contributed by atoms with Gasteiger partial charge < -0.3 is 4.74 Å². The van der Waals surface area contributed by atoms with E-state index in [0.29, 0.717) is 11.3 Å². The third kappa shape index (κ3) is 4.02. The second-order valence-corrected chi connectivity index (χ2v) is 4.54. The molecular weight excluding hydrogens is 224 g/mol. The van der Waals surface area contributed by atoms with Crippen LogP contribution in [-0.4, -0.2) is 11.9 Å². The normalized spacial score (nSPS) is 10.3. The highest BCUT2D eigenvalue weighted by Crippen LogP contribution is 2.21. The number of allylic oxidation sites excluding steroid dienone is 2. The number of ketones is 1. The first-order valence-electron chi connectivity index (χ1n) is 6.57. The lowest BCUT2D eigenvalue weighted by Crippen LogP contribution is -2.09. The molecule has 2 heteroatoms. The van der Waals surface area contributed by atoms with Crippen molar-refractivity contribution in [2.45, 2.75) is 46.6 Å². The highest BCUT2D eigenvalue weighted by Gasteiger charge is 2.11. The second-order valence-electron chi connectivity index (χ2n) is 4.54. The van der Waals surface area contributed by atoms with Crippen molar-refractivity contribution >= 4 is 5.78 Å². The van der Waals surface area contributed by atoms with E-state index in [-0.39, 0.29) is 11.9 Å². The minimum Gasteiger partial charge on any atom is -0.490 e. The summed E-state index contributed by atoms with van der Waals surface area (Å²) in [7, 11) is 0. The van der Waals surface area contributed by atoms with E-state index in [2.05, 4.69) is 13.8 Å². The summed E-state index contributed by atoms with van der Waals surface area (Å²) in [6.07, 6.45) is 3.63. The van der Waals surface area contributed by atoms with Gasteiger partial charge in [0.25, 0.3) is 0 Å². The van der Waals surface area contributed by atoms with Crippen molar-refractivity contribution in [3.8, 4) is 5.75 Å². The molecule has 0 heterocycles. The van der Waals surface area contributed by atoms with Crippen LogP contribution in [0.1, 0.15) is 50.9 Å². The molecule has 18 heavy (non-hydrogen) atoms. The Labute approximate surface area is 110 Å². The summed E-state index contributed by atoms with van der Waals surface area (Å²) in [5.74, 6) is 0.699. The fourth-order valence-corrected chi connectivity index (χ4v) is 1.74. The van der Waals surface area contributed by atoms with Crippen molar-refractivity contribution in [1.29, 1.82) is 0 Å². The van der Waals surface area contributed by atoms with Crippen LogP contribution in [-0.2, 0) is 0 Å². The van der Waals surface area contributed by atoms with Crippen molar-refractivity contribution < 1.29 is 9.53 Å². The third-order valence-electron chi connectivity index (χ3n) is 2.76. The third-order valence-corrected chi connectivity index (χ3v) is 2.76. The Balaban J connectivity index is 3.01. The molecule has 0 aromatic heterocycles. The summed E-state index contributed by atoms with van der Waals surface area (Å²) >= 11 is 0. The molecule has 0 bridgehead atoms. The van der Waals surface area contributed by atoms with Crippen LogP contribution in [0, 0.1) is 0 Å². The van der Waals surface area contributed by atoms with Crippen molar-refractivity contribution in [1.82, 2.24) is 0 Å². The molecule has 0 spiro atoms. The van der Waals surface area contributed by atoms with Crippen LogP contribution in [0.5, 0.6) is 5.75 Å². The van der Waals surface area contributed by atoms with E-state index in [9.17, 15) is 4.79 Å². The molecule has 0 radical (unpaired) electrons. The van der Waals surface area contributed by atoms with Crippen molar-refractivity contribution in [2.24, 2.45) is 0 Å². The summed E-state index contributed by atoms with van der Waals surface area (Å²) in [4.78, 5) is 12.2. The Hall–Kier alpha value is -1.57. The van der Waals surface area contributed by atoms with Gasteiger partial charge in [-0.15, -0.1) is 0 Å². The summed E-state index contributed by atoms with van der Waals surface area (Å²) in [5.41, 5.74) is 1.81. The summed E-state index contributed by atoms with van der Waals surface area (Å²) in [5, 5.41) is 0. The van der Waals surface area contributed by atoms with Gasteiger partial charge >= 0.3 is 0 Å². The van der Waals surface area contributed by atoms with Gasteiger partial charge in [0.1, 0.15) is 5.75 Å². The average molecular weight is 246 g/mol. The molecule has 1 aromatic carbocycles. The maximum Gasteiger partial charge on any atom is 0.189 e. The SMILES string of the molecule is CCC(=CC(=O)c1ccccc1OC(C)C)CC. The van der Waals surface area contributed by atoms with Crippen LogP contribution < -0.4 is 4.74 Å². The summed E-state index contributed by atoms with van der Waals surface area (Å²) < 4.78 is 5.67. The molecule has 0 unspecified atom stereocenters. The number of hydrogen-bond acceptors (Lipinski definition) is 2. The smallest absolute Gasteiger partial charge is 0.189 e. The van der Waals surface area contributed by atoms with E-state index >= 15 is 0 Å². The Morgan fingerprint density at radius 1 is 1.22 bits per heavy atom. The quantitative estimate of drug-likeness (QED) is 0.549. The summed E-state index contributed by atoms with van der Waals surface area (Å²) in [6.45, 7) is 8.06. The van der Waals surface area contributed by atoms with E-state index < -0.39 is 0 Å². The molecule has 98 valence electrons. The molecule has 0 aliphatic carbocycles. The first-order chi connectivity index (χ1) is 8.58. The van der Waals surface area contributed by atoms with Gasteiger partial charge in [0.15, 0.2) is 5.78 Å². The van der Waals surface area contributed by atoms with Crippen LogP contribution in [0.2, 0.25) is 0 Å². The monoisotopic (exact) mass is 246 g/mol. The summed E-state index contributed by atoms with van der Waals surface area (Å²) in [6, 6.07) is 7.42. The molecule has 2 nitrogen and oxygen atoms in total. The number of ether oxygens (including phenoxy) is 1. The van der Waals surface area contributed by atoms with E-state index in [1.165, 1.54) is 5.57 Å². The van der Waals surface area contributed by atoms with E-state index in [1.807, 2.05) is 38.1 Å². The molecule has 0 aliphatic rings. The zero-order chi connectivity index (χ0) is 13.5. The molecule has 0 fully saturated rings. The molecule has 1 rings (SSSR count). The van der Waals surface area contributed by atoms with Crippen LogP contribution in [0.25, 0.3) is 0 Å². The Kier molecular flexibility index (Phi) is 5.63. The number of benzene rings is 1. The first-order valence-corrected chi connectivity index (χ1v) is 6.57. The van der Waals surface area contributed by atoms with Crippen LogP contribution in [0.15, 0.2) is 35.9 Å². The second kappa shape index (κ2) is 7.00. The van der Waals surface area contributed by atoms with Gasteiger partial charge in [-0.05, 0) is 44.9 Å². The van der Waals surface area contributed by atoms with Gasteiger partial charge in [0.05, 0.1) is 11.7 Å². The Morgan fingerprint density at radius 3 is 2.39 bits per heavy atom. The van der Waals surface area contributed by atoms with Crippen LogP contribution in [0.4, 0.5) is 0 Å². The van der Waals surface area contributed by atoms with Gasteiger partial charge in [0, 0.05) is 0 Å². The zero-order valence-electron chi connectivity index (χ0n) is 11.7. The lowest BCUT2D eigenvalue weighted by Gasteiger charge is -2.12. The molecule has 0 amide bonds. The van der Waals surface area contributed by atoms with Gasteiger partial charge in [-0.1, -0.05) is 31.6 Å². The lowest BCUT2D eigenvalue weighted by molar-refractivity contribution is 0.104. The Morgan fingerprint density at radius 2 is 1.83 bits per heavy atom. The number of carbonyl (C=O) groups excluding carboxylic acids is 1. The number of carbonyl (C=O) groups is 1. The standard InChI is InChI=1S/C16H22O2/c1-5-13(6-2)11-15(17)14-9-7-8-10-16(14)18-12(3)4/h7-12H,5-6H2,1-4H3. The molecule has 0 atom stereocenters. The van der Waals surface area contributed by atoms with E-state index in [4.69, 9.17) is 4.74 Å². The minimum absolute atomic E-state index is 0.0324. The number of para-hydroxylation sites is 1. The fourth-order valence-electron chi connectivity index (χ4n) is 1.74. The average Bonchev–Trinajstić information content (AvgIpc) is 2.35. The predicted octanol–water partition coefficient (Wildman–Crippen LogP) is 4.40. The van der Waals surface area contributed by atoms with Crippen LogP contribution in [0.3, 0.4) is 0 Å². The maximum atomic E-state index is 12.2. The maximum absolute atomic E-state index is 12.2. The van der Waals surface area contributed by atoms with Crippen molar-refractivity contribution in [2.75, 3.05) is 0 Å². The van der Waals surface area contributed by atoms with Gasteiger partial charge in [0.2, 0.25) is 0 Å². The Bertz CT molecular complexity index is 424. The molecule has 1 aromatic rings.